The largest absolute Gasteiger partial charge is 0.242 e. The van der Waals surface area contributed by atoms with Crippen LogP contribution in [0.3, 0.4) is 0 Å². The van der Waals surface area contributed by atoms with E-state index in [0.29, 0.717) is 0 Å². The molecule has 0 aliphatic rings. The van der Waals surface area contributed by atoms with Crippen LogP contribution in [-0.4, -0.2) is 9.97 Å². The minimum atomic E-state index is 0.922. The molecule has 0 aliphatic heterocycles. The predicted molar refractivity (Wildman–Crippen MR) is 189 cm³/mol. The lowest BCUT2D eigenvalue weighted by atomic mass is 9.96. The normalized spacial score (nSPS) is 12.2. The lowest BCUT2D eigenvalue weighted by molar-refractivity contribution is 1.32. The predicted octanol–water partition coefficient (Wildman–Crippen LogP) is 12.1. The Morgan fingerprint density at radius 3 is 1.67 bits per heavy atom. The van der Waals surface area contributed by atoms with Gasteiger partial charge in [-0.05, 0) is 23.6 Å². The van der Waals surface area contributed by atoms with Gasteiger partial charge in [0.1, 0.15) is 10.3 Å². The van der Waals surface area contributed by atoms with Crippen molar-refractivity contribution in [2.45, 2.75) is 0 Å². The zero-order chi connectivity index (χ0) is 28.1. The zero-order valence-electron chi connectivity index (χ0n) is 22.7. The molecule has 0 N–H and O–H groups in total. The highest BCUT2D eigenvalue weighted by molar-refractivity contribution is 7.33. The van der Waals surface area contributed by atoms with Crippen molar-refractivity contribution in [3.05, 3.63) is 121 Å². The van der Waals surface area contributed by atoms with E-state index in [1.165, 1.54) is 61.2 Å². The van der Waals surface area contributed by atoms with E-state index in [1.54, 1.807) is 11.3 Å². The first-order chi connectivity index (χ1) is 21.3. The Morgan fingerprint density at radius 1 is 0.372 bits per heavy atom. The molecule has 0 saturated carbocycles. The standard InChI is InChI=1S/C38H20N2S3/c1-3-11-21(12-4-1)33-34(22-13-5-2-6-14-22)40-38-35(39-33)32-25-19-20-28-29(23-15-7-9-17-26(23)41-28)30(25)31-24-16-8-10-18-27(24)42-36(31)37(32)43-38/h1-20H. The van der Waals surface area contributed by atoms with Crippen molar-refractivity contribution in [3.63, 3.8) is 0 Å². The maximum Gasteiger partial charge on any atom is 0.143 e. The Bertz CT molecular complexity index is 2720. The highest BCUT2D eigenvalue weighted by Crippen LogP contribution is 2.52. The average molecular weight is 601 g/mol. The van der Waals surface area contributed by atoms with Crippen LogP contribution in [-0.2, 0) is 0 Å². The SMILES string of the molecule is c1ccc(-c2nc3sc4c5sc6ccccc6c5c5c(ccc6sc7ccccc7c65)c4c3nc2-c2ccccc2)cc1. The van der Waals surface area contributed by atoms with E-state index in [0.717, 1.165) is 32.9 Å². The second-order valence-electron chi connectivity index (χ2n) is 10.9. The van der Waals surface area contributed by atoms with Crippen LogP contribution in [0.2, 0.25) is 0 Å². The summed E-state index contributed by atoms with van der Waals surface area (Å²) in [6.45, 7) is 0. The second-order valence-corrected chi connectivity index (χ2v) is 14.0. The quantitative estimate of drug-likeness (QED) is 0.197. The van der Waals surface area contributed by atoms with Gasteiger partial charge in [0.15, 0.2) is 0 Å². The van der Waals surface area contributed by atoms with E-state index < -0.39 is 0 Å². The number of thiophene rings is 3. The number of benzene rings is 6. The number of hydrogen-bond donors (Lipinski definition) is 0. The summed E-state index contributed by atoms with van der Waals surface area (Å²) in [5.41, 5.74) is 4.99. The van der Waals surface area contributed by atoms with Gasteiger partial charge in [0, 0.05) is 57.5 Å². The van der Waals surface area contributed by atoms with Crippen LogP contribution in [0.5, 0.6) is 0 Å². The second kappa shape index (κ2) is 8.91. The number of fused-ring (bicyclic) bond motifs is 14. The minimum Gasteiger partial charge on any atom is -0.242 e. The van der Waals surface area contributed by atoms with Crippen molar-refractivity contribution in [1.82, 2.24) is 9.97 Å². The van der Waals surface area contributed by atoms with Crippen LogP contribution < -0.4 is 0 Å². The molecule has 200 valence electrons. The number of hydrogen-bond acceptors (Lipinski definition) is 5. The molecule has 0 atom stereocenters. The summed E-state index contributed by atoms with van der Waals surface area (Å²) >= 11 is 5.56. The molecule has 0 bridgehead atoms. The number of rotatable bonds is 2. The Labute approximate surface area is 258 Å². The lowest BCUT2D eigenvalue weighted by Gasteiger charge is -2.10. The van der Waals surface area contributed by atoms with Gasteiger partial charge >= 0.3 is 0 Å². The molecule has 0 radical (unpaired) electrons. The fourth-order valence-corrected chi connectivity index (χ4v) is 10.2. The third-order valence-electron chi connectivity index (χ3n) is 8.49. The third kappa shape index (κ3) is 3.33. The van der Waals surface area contributed by atoms with Crippen LogP contribution in [0.1, 0.15) is 0 Å². The van der Waals surface area contributed by atoms with E-state index in [1.807, 2.05) is 22.7 Å². The van der Waals surface area contributed by atoms with Crippen molar-refractivity contribution in [1.29, 1.82) is 0 Å². The maximum absolute atomic E-state index is 5.51. The highest BCUT2D eigenvalue weighted by atomic mass is 32.1. The first-order valence-corrected chi connectivity index (χ1v) is 16.7. The summed E-state index contributed by atoms with van der Waals surface area (Å²) in [6, 6.07) is 43.3. The smallest absolute Gasteiger partial charge is 0.143 e. The molecule has 0 saturated heterocycles. The van der Waals surface area contributed by atoms with Gasteiger partial charge in [-0.1, -0.05) is 103 Å². The summed E-state index contributed by atoms with van der Waals surface area (Å²) in [5.74, 6) is 0. The van der Waals surface area contributed by atoms with E-state index in [-0.39, 0.29) is 0 Å². The maximum atomic E-state index is 5.51. The van der Waals surface area contributed by atoms with Gasteiger partial charge in [-0.15, -0.1) is 34.0 Å². The van der Waals surface area contributed by atoms with E-state index in [9.17, 15) is 0 Å². The summed E-state index contributed by atoms with van der Waals surface area (Å²) in [4.78, 5) is 11.9. The van der Waals surface area contributed by atoms with Gasteiger partial charge in [-0.2, -0.15) is 0 Å². The van der Waals surface area contributed by atoms with Crippen molar-refractivity contribution in [3.8, 4) is 22.5 Å². The molecular formula is C38H20N2S3. The van der Waals surface area contributed by atoms with E-state index >= 15 is 0 Å². The van der Waals surface area contributed by atoms with E-state index in [4.69, 9.17) is 9.97 Å². The Hall–Kier alpha value is -4.68. The van der Waals surface area contributed by atoms with Gasteiger partial charge in [0.2, 0.25) is 0 Å². The molecule has 4 heterocycles. The Kier molecular flexibility index (Phi) is 4.94. The van der Waals surface area contributed by atoms with Crippen LogP contribution in [0.4, 0.5) is 0 Å². The molecule has 6 aromatic carbocycles. The van der Waals surface area contributed by atoms with Gasteiger partial charge in [-0.3, -0.25) is 0 Å². The third-order valence-corrected chi connectivity index (χ3v) is 12.0. The van der Waals surface area contributed by atoms with Crippen LogP contribution in [0, 0.1) is 0 Å². The highest BCUT2D eigenvalue weighted by Gasteiger charge is 2.24. The molecule has 43 heavy (non-hydrogen) atoms. The van der Waals surface area contributed by atoms with Crippen LogP contribution in [0.25, 0.3) is 94.1 Å². The molecule has 0 spiro atoms. The fourth-order valence-electron chi connectivity index (χ4n) is 6.65. The molecular weight excluding hydrogens is 581 g/mol. The topological polar surface area (TPSA) is 25.8 Å². The molecule has 10 rings (SSSR count). The molecule has 10 aromatic rings. The monoisotopic (exact) mass is 600 g/mol. The summed E-state index contributed by atoms with van der Waals surface area (Å²) < 4.78 is 6.58. The fraction of sp³-hybridized carbons (Fsp3) is 0. The molecule has 4 aromatic heterocycles. The Balaban J connectivity index is 1.46. The summed E-state index contributed by atoms with van der Waals surface area (Å²) in [5, 5.41) is 9.17. The average Bonchev–Trinajstić information content (AvgIpc) is 3.76. The first-order valence-electron chi connectivity index (χ1n) is 14.3. The van der Waals surface area contributed by atoms with Gasteiger partial charge in [-0.25, -0.2) is 9.97 Å². The molecule has 5 heteroatoms. The van der Waals surface area contributed by atoms with Crippen LogP contribution >= 0.6 is 34.0 Å². The number of aromatic nitrogens is 2. The molecule has 0 aliphatic carbocycles. The molecule has 0 fully saturated rings. The van der Waals surface area contributed by atoms with Crippen molar-refractivity contribution in [2.75, 3.05) is 0 Å². The lowest BCUT2D eigenvalue weighted by Crippen LogP contribution is -1.94. The zero-order valence-corrected chi connectivity index (χ0v) is 25.1. The molecule has 2 nitrogen and oxygen atoms in total. The number of nitrogens with zero attached hydrogens (tertiary/aromatic N) is 2. The Morgan fingerprint density at radius 2 is 0.953 bits per heavy atom. The van der Waals surface area contributed by atoms with E-state index in [2.05, 4.69) is 121 Å². The molecule has 0 amide bonds. The van der Waals surface area contributed by atoms with Crippen molar-refractivity contribution >= 4 is 106 Å². The minimum absolute atomic E-state index is 0.922. The molecule has 0 unspecified atom stereocenters. The van der Waals surface area contributed by atoms with Gasteiger partial charge in [0.25, 0.3) is 0 Å². The van der Waals surface area contributed by atoms with Gasteiger partial charge < -0.3 is 0 Å². The first kappa shape index (κ1) is 23.8. The summed E-state index contributed by atoms with van der Waals surface area (Å²) in [7, 11) is 0. The summed E-state index contributed by atoms with van der Waals surface area (Å²) in [6.07, 6.45) is 0. The van der Waals surface area contributed by atoms with Crippen molar-refractivity contribution < 1.29 is 0 Å². The van der Waals surface area contributed by atoms with Gasteiger partial charge in [0.05, 0.1) is 20.8 Å². The van der Waals surface area contributed by atoms with Crippen molar-refractivity contribution in [2.24, 2.45) is 0 Å². The van der Waals surface area contributed by atoms with Crippen LogP contribution in [0.15, 0.2) is 121 Å².